The van der Waals surface area contributed by atoms with E-state index < -0.39 is 0 Å². The molecule has 0 unspecified atom stereocenters. The summed E-state index contributed by atoms with van der Waals surface area (Å²) in [5.41, 5.74) is 3.66. The van der Waals surface area contributed by atoms with Crippen LogP contribution >= 0.6 is 0 Å². The summed E-state index contributed by atoms with van der Waals surface area (Å²) in [6.45, 7) is 6.33. The number of amides is 1. The maximum atomic E-state index is 11.4. The van der Waals surface area contributed by atoms with Crippen LogP contribution in [0.15, 0.2) is 5.10 Å². The van der Waals surface area contributed by atoms with Gasteiger partial charge in [0.2, 0.25) is 5.91 Å². The average molecular weight is 240 g/mol. The van der Waals surface area contributed by atoms with Crippen molar-refractivity contribution in [1.82, 2.24) is 5.43 Å². The highest BCUT2D eigenvalue weighted by Crippen LogP contribution is 2.03. The molecule has 0 atom stereocenters. The SMILES string of the molecule is CCCCCC/C(C)=N/NC(=O)CCCCC. The third-order valence-electron chi connectivity index (χ3n) is 2.77. The Hall–Kier alpha value is -0.860. The van der Waals surface area contributed by atoms with Gasteiger partial charge in [-0.2, -0.15) is 5.10 Å². The van der Waals surface area contributed by atoms with E-state index in [1.807, 2.05) is 6.92 Å². The van der Waals surface area contributed by atoms with E-state index in [-0.39, 0.29) is 5.91 Å². The zero-order valence-corrected chi connectivity index (χ0v) is 11.7. The highest BCUT2D eigenvalue weighted by Gasteiger charge is 1.99. The van der Waals surface area contributed by atoms with E-state index in [4.69, 9.17) is 0 Å². The second-order valence-corrected chi connectivity index (χ2v) is 4.65. The topological polar surface area (TPSA) is 41.5 Å². The molecular formula is C14H28N2O. The maximum absolute atomic E-state index is 11.4. The Balaban J connectivity index is 3.56. The summed E-state index contributed by atoms with van der Waals surface area (Å²) in [4.78, 5) is 11.4. The summed E-state index contributed by atoms with van der Waals surface area (Å²) in [6.07, 6.45) is 9.80. The van der Waals surface area contributed by atoms with Crippen molar-refractivity contribution in [2.24, 2.45) is 5.10 Å². The number of rotatable bonds is 10. The van der Waals surface area contributed by atoms with Crippen molar-refractivity contribution >= 4 is 11.6 Å². The number of nitrogens with one attached hydrogen (secondary N) is 1. The smallest absolute Gasteiger partial charge is 0.240 e. The van der Waals surface area contributed by atoms with E-state index in [9.17, 15) is 4.79 Å². The van der Waals surface area contributed by atoms with Crippen molar-refractivity contribution in [3.63, 3.8) is 0 Å². The van der Waals surface area contributed by atoms with Gasteiger partial charge in [-0.3, -0.25) is 4.79 Å². The minimum absolute atomic E-state index is 0.0476. The zero-order chi connectivity index (χ0) is 12.9. The largest absolute Gasteiger partial charge is 0.273 e. The monoisotopic (exact) mass is 240 g/mol. The lowest BCUT2D eigenvalue weighted by molar-refractivity contribution is -0.121. The maximum Gasteiger partial charge on any atom is 0.240 e. The lowest BCUT2D eigenvalue weighted by Gasteiger charge is -2.02. The van der Waals surface area contributed by atoms with Gasteiger partial charge < -0.3 is 0 Å². The number of carbonyl (C=O) groups excluding carboxylic acids is 1. The van der Waals surface area contributed by atoms with Crippen molar-refractivity contribution in [2.45, 2.75) is 78.6 Å². The van der Waals surface area contributed by atoms with Crippen LogP contribution in [-0.4, -0.2) is 11.6 Å². The Morgan fingerprint density at radius 2 is 1.53 bits per heavy atom. The first-order valence-corrected chi connectivity index (χ1v) is 7.02. The van der Waals surface area contributed by atoms with Gasteiger partial charge in [0.25, 0.3) is 0 Å². The van der Waals surface area contributed by atoms with Gasteiger partial charge in [0.1, 0.15) is 0 Å². The van der Waals surface area contributed by atoms with E-state index in [0.29, 0.717) is 6.42 Å². The van der Waals surface area contributed by atoms with Crippen molar-refractivity contribution in [1.29, 1.82) is 0 Å². The Morgan fingerprint density at radius 3 is 2.18 bits per heavy atom. The second-order valence-electron chi connectivity index (χ2n) is 4.65. The predicted octanol–water partition coefficient (Wildman–Crippen LogP) is 4.03. The molecule has 0 aliphatic rings. The molecule has 1 amide bonds. The number of hydrogen-bond acceptors (Lipinski definition) is 2. The normalized spacial score (nSPS) is 11.6. The van der Waals surface area contributed by atoms with Gasteiger partial charge in [0.05, 0.1) is 0 Å². The van der Waals surface area contributed by atoms with Gasteiger partial charge in [-0.1, -0.05) is 46.0 Å². The molecule has 100 valence electrons. The highest BCUT2D eigenvalue weighted by molar-refractivity contribution is 5.84. The summed E-state index contributed by atoms with van der Waals surface area (Å²) in [7, 11) is 0. The molecule has 0 aromatic rings. The molecule has 0 saturated heterocycles. The quantitative estimate of drug-likeness (QED) is 0.349. The Kier molecular flexibility index (Phi) is 11.0. The molecule has 3 nitrogen and oxygen atoms in total. The molecule has 0 spiro atoms. The lowest BCUT2D eigenvalue weighted by Crippen LogP contribution is -2.18. The summed E-state index contributed by atoms with van der Waals surface area (Å²) in [5, 5.41) is 4.12. The number of unbranched alkanes of at least 4 members (excludes halogenated alkanes) is 5. The second kappa shape index (κ2) is 11.6. The molecule has 3 heteroatoms. The summed E-state index contributed by atoms with van der Waals surface area (Å²) in [6, 6.07) is 0. The Bertz CT molecular complexity index is 224. The van der Waals surface area contributed by atoms with Crippen molar-refractivity contribution in [2.75, 3.05) is 0 Å². The lowest BCUT2D eigenvalue weighted by atomic mass is 10.1. The fraction of sp³-hybridized carbons (Fsp3) is 0.857. The summed E-state index contributed by atoms with van der Waals surface area (Å²) >= 11 is 0. The first-order chi connectivity index (χ1) is 8.20. The zero-order valence-electron chi connectivity index (χ0n) is 11.7. The molecular weight excluding hydrogens is 212 g/mol. The standard InChI is InChI=1S/C14H28N2O/c1-4-6-8-10-11-13(3)15-16-14(17)12-9-7-5-2/h4-12H2,1-3H3,(H,16,17)/b15-13+. The van der Waals surface area contributed by atoms with Crippen LogP contribution in [-0.2, 0) is 4.79 Å². The van der Waals surface area contributed by atoms with E-state index in [1.165, 1.54) is 25.7 Å². The van der Waals surface area contributed by atoms with Crippen molar-refractivity contribution in [3.8, 4) is 0 Å². The number of carbonyl (C=O) groups is 1. The van der Waals surface area contributed by atoms with Crippen LogP contribution in [0.5, 0.6) is 0 Å². The van der Waals surface area contributed by atoms with Crippen LogP contribution in [0.25, 0.3) is 0 Å². The van der Waals surface area contributed by atoms with E-state index in [2.05, 4.69) is 24.4 Å². The van der Waals surface area contributed by atoms with Crippen molar-refractivity contribution in [3.05, 3.63) is 0 Å². The fourth-order valence-electron chi connectivity index (χ4n) is 1.61. The van der Waals surface area contributed by atoms with E-state index in [0.717, 1.165) is 31.4 Å². The Morgan fingerprint density at radius 1 is 0.941 bits per heavy atom. The van der Waals surface area contributed by atoms with Gasteiger partial charge in [0.15, 0.2) is 0 Å². The van der Waals surface area contributed by atoms with Gasteiger partial charge in [0, 0.05) is 12.1 Å². The molecule has 0 aromatic heterocycles. The minimum Gasteiger partial charge on any atom is -0.273 e. The Labute approximate surface area is 106 Å². The minimum atomic E-state index is 0.0476. The third-order valence-corrected chi connectivity index (χ3v) is 2.77. The molecule has 0 radical (unpaired) electrons. The predicted molar refractivity (Wildman–Crippen MR) is 74.2 cm³/mol. The number of hydrogen-bond donors (Lipinski definition) is 1. The fourth-order valence-corrected chi connectivity index (χ4v) is 1.61. The average Bonchev–Trinajstić information content (AvgIpc) is 2.32. The summed E-state index contributed by atoms with van der Waals surface area (Å²) < 4.78 is 0. The highest BCUT2D eigenvalue weighted by atomic mass is 16.2. The van der Waals surface area contributed by atoms with Gasteiger partial charge >= 0.3 is 0 Å². The molecule has 0 aromatic carbocycles. The van der Waals surface area contributed by atoms with Crippen LogP contribution in [0.4, 0.5) is 0 Å². The molecule has 0 heterocycles. The van der Waals surface area contributed by atoms with E-state index >= 15 is 0 Å². The van der Waals surface area contributed by atoms with Gasteiger partial charge in [-0.15, -0.1) is 0 Å². The first kappa shape index (κ1) is 16.1. The molecule has 0 rings (SSSR count). The molecule has 0 saturated carbocycles. The number of nitrogens with zero attached hydrogens (tertiary/aromatic N) is 1. The van der Waals surface area contributed by atoms with Gasteiger partial charge in [-0.25, -0.2) is 5.43 Å². The van der Waals surface area contributed by atoms with Crippen LogP contribution in [0.2, 0.25) is 0 Å². The number of hydrazone groups is 1. The first-order valence-electron chi connectivity index (χ1n) is 7.02. The van der Waals surface area contributed by atoms with Crippen LogP contribution < -0.4 is 5.43 Å². The summed E-state index contributed by atoms with van der Waals surface area (Å²) in [5.74, 6) is 0.0476. The van der Waals surface area contributed by atoms with Crippen molar-refractivity contribution < 1.29 is 4.79 Å². The molecule has 0 aliphatic carbocycles. The molecule has 0 fully saturated rings. The van der Waals surface area contributed by atoms with E-state index in [1.54, 1.807) is 0 Å². The van der Waals surface area contributed by atoms with Gasteiger partial charge in [-0.05, 0) is 26.2 Å². The van der Waals surface area contributed by atoms with Crippen LogP contribution in [0.3, 0.4) is 0 Å². The molecule has 0 bridgehead atoms. The van der Waals surface area contributed by atoms with Crippen LogP contribution in [0.1, 0.15) is 78.6 Å². The third kappa shape index (κ3) is 11.4. The molecule has 17 heavy (non-hydrogen) atoms. The molecule has 1 N–H and O–H groups in total. The van der Waals surface area contributed by atoms with Crippen LogP contribution in [0, 0.1) is 0 Å². The molecule has 0 aliphatic heterocycles.